The van der Waals surface area contributed by atoms with Gasteiger partial charge in [-0.15, -0.1) is 0 Å². The fourth-order valence-corrected chi connectivity index (χ4v) is 28.0. The van der Waals surface area contributed by atoms with Gasteiger partial charge in [0.1, 0.15) is 0 Å². The Bertz CT molecular complexity index is 709. The molecule has 0 N–H and O–H groups in total. The standard InChI is InChI=1S/C24H32Se4/c1-13(2)17-9-10-18(14(3)4)22-21(17)25-27-23-19(15(5)6)11-12-20(16(7)8)24(23)28-26-22/h9-16H,1-8H3. The molecule has 0 saturated heterocycles. The van der Waals surface area contributed by atoms with Crippen molar-refractivity contribution in [3.05, 3.63) is 46.5 Å². The van der Waals surface area contributed by atoms with Gasteiger partial charge in [0.25, 0.3) is 0 Å². The van der Waals surface area contributed by atoms with Gasteiger partial charge in [0.05, 0.1) is 0 Å². The molecule has 0 aromatic heterocycles. The van der Waals surface area contributed by atoms with Crippen LogP contribution in [-0.2, 0) is 0 Å². The van der Waals surface area contributed by atoms with E-state index in [0.717, 1.165) is 0 Å². The molecule has 0 amide bonds. The third-order valence-electron chi connectivity index (χ3n) is 5.25. The first-order valence-corrected chi connectivity index (χ1v) is 22.3. The molecule has 2 aromatic rings. The van der Waals surface area contributed by atoms with Crippen molar-refractivity contribution >= 4 is 70.4 Å². The van der Waals surface area contributed by atoms with Gasteiger partial charge in [0.2, 0.25) is 0 Å². The van der Waals surface area contributed by atoms with Crippen LogP contribution < -0.4 is 17.8 Å². The number of hydrogen-bond donors (Lipinski definition) is 0. The second kappa shape index (κ2) is 9.76. The van der Waals surface area contributed by atoms with Crippen LogP contribution in [0.1, 0.15) is 101 Å². The molecule has 0 atom stereocenters. The molecule has 0 unspecified atom stereocenters. The first-order valence-electron chi connectivity index (χ1n) is 10.2. The van der Waals surface area contributed by atoms with Gasteiger partial charge in [-0.1, -0.05) is 0 Å². The van der Waals surface area contributed by atoms with E-state index in [2.05, 4.69) is 79.7 Å². The van der Waals surface area contributed by atoms with Crippen molar-refractivity contribution < 1.29 is 0 Å². The average Bonchev–Trinajstić information content (AvgIpc) is 2.60. The molecule has 4 heteroatoms. The molecule has 0 radical (unpaired) electrons. The van der Waals surface area contributed by atoms with Crippen LogP contribution in [-0.4, -0.2) is 52.5 Å². The Labute approximate surface area is 194 Å². The zero-order valence-electron chi connectivity index (χ0n) is 18.3. The molecule has 1 heterocycles. The van der Waals surface area contributed by atoms with E-state index in [1.54, 1.807) is 40.1 Å². The van der Waals surface area contributed by atoms with Crippen LogP contribution >= 0.6 is 0 Å². The molecule has 152 valence electrons. The third kappa shape index (κ3) is 4.71. The monoisotopic (exact) mass is 640 g/mol. The van der Waals surface area contributed by atoms with Crippen molar-refractivity contribution in [1.29, 1.82) is 0 Å². The van der Waals surface area contributed by atoms with E-state index in [4.69, 9.17) is 0 Å². The molecular formula is C24H32Se4. The van der Waals surface area contributed by atoms with Gasteiger partial charge < -0.3 is 0 Å². The number of rotatable bonds is 4. The van der Waals surface area contributed by atoms with Gasteiger partial charge >= 0.3 is 196 Å². The van der Waals surface area contributed by atoms with Crippen LogP contribution in [0.25, 0.3) is 0 Å². The molecule has 28 heavy (non-hydrogen) atoms. The molecule has 0 bridgehead atoms. The third-order valence-corrected chi connectivity index (χ3v) is 21.1. The van der Waals surface area contributed by atoms with Gasteiger partial charge in [-0.25, -0.2) is 0 Å². The van der Waals surface area contributed by atoms with Crippen molar-refractivity contribution in [1.82, 2.24) is 0 Å². The van der Waals surface area contributed by atoms with Gasteiger partial charge in [0.15, 0.2) is 0 Å². The Morgan fingerprint density at radius 2 is 0.571 bits per heavy atom. The number of fused-ring (bicyclic) bond motifs is 2. The molecule has 0 aliphatic carbocycles. The van der Waals surface area contributed by atoms with Gasteiger partial charge in [0, 0.05) is 0 Å². The fraction of sp³-hybridized carbons (Fsp3) is 0.500. The first-order chi connectivity index (χ1) is 13.2. The molecule has 1 aliphatic heterocycles. The molecule has 3 rings (SSSR count). The predicted octanol–water partition coefficient (Wildman–Crippen LogP) is 3.04. The van der Waals surface area contributed by atoms with E-state index in [9.17, 15) is 0 Å². The van der Waals surface area contributed by atoms with Crippen LogP contribution in [0.4, 0.5) is 0 Å². The van der Waals surface area contributed by atoms with Crippen molar-refractivity contribution in [3.63, 3.8) is 0 Å². The maximum atomic E-state index is 2.47. The van der Waals surface area contributed by atoms with E-state index in [1.807, 2.05) is 0 Å². The SMILES string of the molecule is CC(C)c1ccc(C(C)C)c2c1[Se][Se]c1c(C(C)C)ccc(C(C)C)c1[Se][Se]2. The van der Waals surface area contributed by atoms with E-state index < -0.39 is 0 Å². The minimum absolute atomic E-state index is 0.596. The Kier molecular flexibility index (Phi) is 8.09. The molecule has 0 fully saturated rings. The summed E-state index contributed by atoms with van der Waals surface area (Å²) in [5.74, 6) is 2.56. The van der Waals surface area contributed by atoms with Crippen LogP contribution in [0.5, 0.6) is 0 Å². The van der Waals surface area contributed by atoms with Crippen molar-refractivity contribution in [2.45, 2.75) is 79.1 Å². The summed E-state index contributed by atoms with van der Waals surface area (Å²) in [5.41, 5.74) is 6.59. The Hall–Kier alpha value is 0.518. The van der Waals surface area contributed by atoms with Crippen LogP contribution in [0, 0.1) is 0 Å². The van der Waals surface area contributed by atoms with Crippen LogP contribution in [0.2, 0.25) is 0 Å². The van der Waals surface area contributed by atoms with E-state index >= 15 is 0 Å². The summed E-state index contributed by atoms with van der Waals surface area (Å²) in [6.45, 7) is 19.1. The zero-order chi connectivity index (χ0) is 20.6. The molecule has 1 aliphatic rings. The van der Waals surface area contributed by atoms with E-state index in [-0.39, 0.29) is 0 Å². The van der Waals surface area contributed by atoms with Crippen molar-refractivity contribution in [2.75, 3.05) is 0 Å². The molecule has 0 nitrogen and oxygen atoms in total. The van der Waals surface area contributed by atoms with Gasteiger partial charge in [-0.2, -0.15) is 0 Å². The molecule has 0 saturated carbocycles. The molecule has 2 aromatic carbocycles. The second-order valence-corrected chi connectivity index (χ2v) is 20.8. The topological polar surface area (TPSA) is 0 Å². The van der Waals surface area contributed by atoms with E-state index in [1.165, 1.54) is 0 Å². The summed E-state index contributed by atoms with van der Waals surface area (Å²) < 4.78 is 7.19. The normalized spacial score (nSPS) is 14.4. The Balaban J connectivity index is 2.17. The summed E-state index contributed by atoms with van der Waals surface area (Å²) in [7, 11) is 0. The predicted molar refractivity (Wildman–Crippen MR) is 131 cm³/mol. The van der Waals surface area contributed by atoms with E-state index in [0.29, 0.717) is 76.2 Å². The quantitative estimate of drug-likeness (QED) is 0.454. The van der Waals surface area contributed by atoms with Crippen LogP contribution in [0.15, 0.2) is 24.3 Å². The average molecular weight is 636 g/mol. The van der Waals surface area contributed by atoms with Crippen molar-refractivity contribution in [3.8, 4) is 0 Å². The Morgan fingerprint density at radius 3 is 0.714 bits per heavy atom. The van der Waals surface area contributed by atoms with Gasteiger partial charge in [-0.05, 0) is 0 Å². The summed E-state index contributed by atoms with van der Waals surface area (Å²) in [4.78, 5) is 0. The summed E-state index contributed by atoms with van der Waals surface area (Å²) in [6, 6.07) is 9.87. The van der Waals surface area contributed by atoms with Crippen LogP contribution in [0.3, 0.4) is 0 Å². The number of hydrogen-bond acceptors (Lipinski definition) is 0. The second-order valence-electron chi connectivity index (χ2n) is 8.76. The summed E-state index contributed by atoms with van der Waals surface area (Å²) in [6.07, 6.45) is 0. The molecule has 0 spiro atoms. The maximum absolute atomic E-state index is 2.47. The summed E-state index contributed by atoms with van der Waals surface area (Å²) >= 11 is 2.39. The van der Waals surface area contributed by atoms with Crippen molar-refractivity contribution in [2.24, 2.45) is 0 Å². The summed E-state index contributed by atoms with van der Waals surface area (Å²) in [5, 5.41) is 0. The Morgan fingerprint density at radius 1 is 0.393 bits per heavy atom. The fourth-order valence-electron chi connectivity index (χ4n) is 3.52. The van der Waals surface area contributed by atoms with Gasteiger partial charge in [-0.3, -0.25) is 0 Å². The zero-order valence-corrected chi connectivity index (χ0v) is 25.1. The minimum atomic E-state index is 0.596. The molecular weight excluding hydrogens is 604 g/mol. The number of benzene rings is 2. The first kappa shape index (κ1) is 23.2.